The monoisotopic (exact) mass is 643 g/mol. The zero-order chi connectivity index (χ0) is 34.3. The largest absolute Gasteiger partial charge is 0.396 e. The summed E-state index contributed by atoms with van der Waals surface area (Å²) < 4.78 is 0. The van der Waals surface area contributed by atoms with E-state index in [9.17, 15) is 24.0 Å². The molecule has 2 saturated heterocycles. The van der Waals surface area contributed by atoms with Crippen LogP contribution in [-0.4, -0.2) is 102 Å². The van der Waals surface area contributed by atoms with Crippen LogP contribution < -0.4 is 21.7 Å². The summed E-state index contributed by atoms with van der Waals surface area (Å²) in [6, 6.07) is -3.33. The fraction of sp³-hybridized carbons (Fsp3) is 0.794. The number of ketones is 1. The van der Waals surface area contributed by atoms with Gasteiger partial charge in [0.1, 0.15) is 12.1 Å². The Kier molecular flexibility index (Phi) is 10.4. The lowest BCUT2D eigenvalue weighted by Gasteiger charge is -2.40. The number of amides is 6. The number of hydrogen-bond donors (Lipinski definition) is 4. The molecule has 0 spiro atoms. The zero-order valence-corrected chi connectivity index (χ0v) is 29.4. The van der Waals surface area contributed by atoms with Gasteiger partial charge in [0.05, 0.1) is 17.8 Å². The Balaban J connectivity index is 1.50. The third-order valence-electron chi connectivity index (χ3n) is 10.5. The summed E-state index contributed by atoms with van der Waals surface area (Å²) in [5, 5.41) is 8.95. The Bertz CT molecular complexity index is 1250. The predicted molar refractivity (Wildman–Crippen MR) is 176 cm³/mol. The van der Waals surface area contributed by atoms with Crippen molar-refractivity contribution in [1.82, 2.24) is 30.7 Å². The third-order valence-corrected chi connectivity index (χ3v) is 10.5. The van der Waals surface area contributed by atoms with Crippen LogP contribution in [0.4, 0.5) is 9.59 Å². The van der Waals surface area contributed by atoms with Gasteiger partial charge < -0.3 is 36.4 Å². The molecule has 6 atom stereocenters. The number of nitrogens with one attached hydrogen (secondary N) is 3. The molecule has 2 aliphatic heterocycles. The molecule has 4 rings (SSSR count). The van der Waals surface area contributed by atoms with Crippen LogP contribution in [0.15, 0.2) is 11.3 Å². The van der Waals surface area contributed by atoms with Crippen LogP contribution in [0.5, 0.6) is 0 Å². The van der Waals surface area contributed by atoms with Crippen molar-refractivity contribution in [2.75, 3.05) is 33.2 Å². The van der Waals surface area contributed by atoms with Gasteiger partial charge in [-0.1, -0.05) is 55.4 Å². The SMILES string of the molecule is CC(C)[C@@H]1C[C@@H](C(=O)NC2CC3CCC3=C(N)C2=O)N(C(=O)[C@@H](NC(=O)N[C@H](CN2CCCN(C)C2=O)C(C)(C)C)C(C)(C)C)C1. The Labute approximate surface area is 274 Å². The highest BCUT2D eigenvalue weighted by Crippen LogP contribution is 2.42. The predicted octanol–water partition coefficient (Wildman–Crippen LogP) is 2.83. The number of allylic oxidation sites excluding steroid dienone is 1. The molecule has 6 amide bonds. The molecule has 2 unspecified atom stereocenters. The maximum Gasteiger partial charge on any atom is 0.319 e. The molecule has 12 heteroatoms. The van der Waals surface area contributed by atoms with Crippen LogP contribution in [-0.2, 0) is 14.4 Å². The van der Waals surface area contributed by atoms with Crippen molar-refractivity contribution >= 4 is 29.7 Å². The zero-order valence-electron chi connectivity index (χ0n) is 29.4. The number of nitrogens with zero attached hydrogens (tertiary/aromatic N) is 3. The topological polar surface area (TPSA) is 157 Å². The van der Waals surface area contributed by atoms with Crippen molar-refractivity contribution in [1.29, 1.82) is 0 Å². The first-order valence-electron chi connectivity index (χ1n) is 17.0. The van der Waals surface area contributed by atoms with E-state index in [1.807, 2.05) is 41.5 Å². The maximum absolute atomic E-state index is 14.4. The van der Waals surface area contributed by atoms with Crippen LogP contribution in [0, 0.1) is 28.6 Å². The smallest absolute Gasteiger partial charge is 0.319 e. The van der Waals surface area contributed by atoms with Gasteiger partial charge in [-0.2, -0.15) is 0 Å². The van der Waals surface area contributed by atoms with Crippen molar-refractivity contribution in [3.8, 4) is 0 Å². The second-order valence-corrected chi connectivity index (χ2v) is 16.4. The molecule has 0 aromatic carbocycles. The van der Waals surface area contributed by atoms with E-state index in [0.29, 0.717) is 39.0 Å². The summed E-state index contributed by atoms with van der Waals surface area (Å²) in [6.45, 7) is 17.9. The van der Waals surface area contributed by atoms with Gasteiger partial charge in [-0.15, -0.1) is 0 Å². The Hall–Kier alpha value is -3.31. The molecule has 3 fully saturated rings. The van der Waals surface area contributed by atoms with Crippen LogP contribution in [0.25, 0.3) is 0 Å². The minimum Gasteiger partial charge on any atom is -0.396 e. The molecule has 2 aliphatic carbocycles. The van der Waals surface area contributed by atoms with E-state index in [1.165, 1.54) is 0 Å². The Morgan fingerprint density at radius 2 is 1.65 bits per heavy atom. The first-order chi connectivity index (χ1) is 21.3. The van der Waals surface area contributed by atoms with Crippen molar-refractivity contribution in [3.63, 3.8) is 0 Å². The Morgan fingerprint density at radius 1 is 0.978 bits per heavy atom. The average molecular weight is 644 g/mol. The lowest BCUT2D eigenvalue weighted by Crippen LogP contribution is -2.62. The summed E-state index contributed by atoms with van der Waals surface area (Å²) in [6.07, 6.45) is 3.66. The molecular formula is C34H57N7O5. The molecule has 0 aromatic rings. The molecule has 0 aromatic heterocycles. The van der Waals surface area contributed by atoms with Crippen molar-refractivity contribution in [3.05, 3.63) is 11.3 Å². The van der Waals surface area contributed by atoms with Gasteiger partial charge in [0.15, 0.2) is 0 Å². The quantitative estimate of drug-likeness (QED) is 0.319. The van der Waals surface area contributed by atoms with E-state index in [4.69, 9.17) is 5.73 Å². The fourth-order valence-corrected chi connectivity index (χ4v) is 7.08. The normalized spacial score (nSPS) is 26.9. The molecular weight excluding hydrogens is 586 g/mol. The van der Waals surface area contributed by atoms with Gasteiger partial charge in [-0.05, 0) is 66.3 Å². The van der Waals surface area contributed by atoms with Gasteiger partial charge in [-0.25, -0.2) is 9.59 Å². The highest BCUT2D eigenvalue weighted by Gasteiger charge is 2.47. The summed E-state index contributed by atoms with van der Waals surface area (Å²) in [7, 11) is 1.78. The van der Waals surface area contributed by atoms with Gasteiger partial charge in [-0.3, -0.25) is 14.4 Å². The number of rotatable bonds is 8. The number of Topliss-reactive ketones (excluding diaryl/α,β-unsaturated/α-hetero) is 1. The van der Waals surface area contributed by atoms with E-state index < -0.39 is 29.6 Å². The summed E-state index contributed by atoms with van der Waals surface area (Å²) in [5.74, 6) is -0.383. The molecule has 0 radical (unpaired) electrons. The van der Waals surface area contributed by atoms with Crippen LogP contribution in [0.3, 0.4) is 0 Å². The maximum atomic E-state index is 14.4. The first kappa shape index (κ1) is 35.5. The lowest BCUT2D eigenvalue weighted by molar-refractivity contribution is -0.142. The standard InChI is InChI=1S/C34H57N7O5/c1-19(2)21-16-24(29(43)36-23-15-20-11-12-22(20)26(35)27(23)42)41(17-21)30(44)28(34(6,7)8)38-31(45)37-25(33(3,4)5)18-40-14-10-13-39(9)32(40)46/h19-21,23-25,28H,10-18,35H2,1-9H3,(H,36,43)(H2,37,38,45)/t20?,21-,23?,24+,25-,28-/m1/s1. The number of hydrogen-bond acceptors (Lipinski definition) is 6. The van der Waals surface area contributed by atoms with Crippen molar-refractivity contribution in [2.45, 2.75) is 112 Å². The van der Waals surface area contributed by atoms with E-state index in [1.54, 1.807) is 21.7 Å². The highest BCUT2D eigenvalue weighted by atomic mass is 16.2. The van der Waals surface area contributed by atoms with E-state index >= 15 is 0 Å². The first-order valence-corrected chi connectivity index (χ1v) is 17.0. The second kappa shape index (κ2) is 13.4. The number of carbonyl (C=O) groups is 5. The molecule has 46 heavy (non-hydrogen) atoms. The lowest BCUT2D eigenvalue weighted by atomic mass is 9.69. The fourth-order valence-electron chi connectivity index (χ4n) is 7.08. The number of carbonyl (C=O) groups excluding carboxylic acids is 5. The molecule has 2 heterocycles. The van der Waals surface area contributed by atoms with Crippen molar-refractivity contribution in [2.24, 2.45) is 34.3 Å². The van der Waals surface area contributed by atoms with E-state index in [2.05, 4.69) is 29.8 Å². The molecule has 1 saturated carbocycles. The summed E-state index contributed by atoms with van der Waals surface area (Å²) >= 11 is 0. The van der Waals surface area contributed by atoms with Crippen LogP contribution in [0.1, 0.15) is 87.5 Å². The average Bonchev–Trinajstić information content (AvgIpc) is 3.39. The number of nitrogens with two attached hydrogens (primary N) is 1. The van der Waals surface area contributed by atoms with E-state index in [0.717, 1.165) is 24.8 Å². The van der Waals surface area contributed by atoms with Gasteiger partial charge in [0.2, 0.25) is 17.6 Å². The number of fused-ring (bicyclic) bond motifs is 1. The molecule has 4 aliphatic rings. The van der Waals surface area contributed by atoms with E-state index in [-0.39, 0.29) is 58.5 Å². The number of urea groups is 2. The van der Waals surface area contributed by atoms with Gasteiger partial charge in [0, 0.05) is 33.2 Å². The van der Waals surface area contributed by atoms with Gasteiger partial charge >= 0.3 is 12.1 Å². The Morgan fingerprint density at radius 3 is 2.22 bits per heavy atom. The third kappa shape index (κ3) is 7.62. The summed E-state index contributed by atoms with van der Waals surface area (Å²) in [5.41, 5.74) is 6.37. The number of likely N-dealkylation sites (tertiary alicyclic amines) is 1. The van der Waals surface area contributed by atoms with Crippen LogP contribution >= 0.6 is 0 Å². The molecule has 5 N–H and O–H groups in total. The summed E-state index contributed by atoms with van der Waals surface area (Å²) in [4.78, 5) is 72.6. The highest BCUT2D eigenvalue weighted by molar-refractivity contribution is 6.03. The molecule has 0 bridgehead atoms. The van der Waals surface area contributed by atoms with Crippen molar-refractivity contribution < 1.29 is 24.0 Å². The minimum atomic E-state index is -0.926. The van der Waals surface area contributed by atoms with Crippen LogP contribution in [0.2, 0.25) is 0 Å². The minimum absolute atomic E-state index is 0.0646. The second-order valence-electron chi connectivity index (χ2n) is 16.4. The molecule has 258 valence electrons. The van der Waals surface area contributed by atoms with Gasteiger partial charge in [0.25, 0.3) is 0 Å². The molecule has 12 nitrogen and oxygen atoms in total.